The second-order valence-electron chi connectivity index (χ2n) is 7.34. The Hall–Kier alpha value is -4.48. The average molecular weight is 449 g/mol. The van der Waals surface area contributed by atoms with Crippen LogP contribution < -0.4 is 11.2 Å². The molecule has 1 amide bonds. The van der Waals surface area contributed by atoms with Crippen molar-refractivity contribution in [3.05, 3.63) is 60.2 Å². The van der Waals surface area contributed by atoms with Crippen LogP contribution in [0.5, 0.6) is 0 Å². The number of carbonyl (C=O) groups is 1. The van der Waals surface area contributed by atoms with Crippen LogP contribution in [0, 0.1) is 11.7 Å². The summed E-state index contributed by atoms with van der Waals surface area (Å²) in [5, 5.41) is 18.3. The SMILES string of the molecule is CC(C)C(=O)Nc1cnc(-c2cc(-c3ccon3)n(Cc3ccccc3F)n2)nc1N=NN. The molecule has 168 valence electrons. The minimum Gasteiger partial charge on any atom is -0.364 e. The Balaban J connectivity index is 1.75. The molecular formula is C21H20FN9O2. The summed E-state index contributed by atoms with van der Waals surface area (Å²) >= 11 is 0. The Bertz CT molecular complexity index is 1300. The number of carbonyl (C=O) groups excluding carboxylic acids is 1. The molecule has 0 atom stereocenters. The van der Waals surface area contributed by atoms with Gasteiger partial charge in [-0.3, -0.25) is 9.48 Å². The van der Waals surface area contributed by atoms with Gasteiger partial charge in [-0.2, -0.15) is 5.10 Å². The second kappa shape index (κ2) is 9.34. The number of nitrogens with zero attached hydrogens (tertiary/aromatic N) is 7. The number of aromatic nitrogens is 5. The maximum atomic E-state index is 14.3. The van der Waals surface area contributed by atoms with E-state index < -0.39 is 0 Å². The highest BCUT2D eigenvalue weighted by Crippen LogP contribution is 2.28. The zero-order valence-electron chi connectivity index (χ0n) is 17.8. The van der Waals surface area contributed by atoms with Gasteiger partial charge in [0.25, 0.3) is 0 Å². The van der Waals surface area contributed by atoms with Gasteiger partial charge in [0.1, 0.15) is 29.2 Å². The molecule has 3 aromatic heterocycles. The molecule has 4 aromatic rings. The Morgan fingerprint density at radius 1 is 1.27 bits per heavy atom. The number of benzene rings is 1. The molecule has 11 nitrogen and oxygen atoms in total. The fourth-order valence-corrected chi connectivity index (χ4v) is 2.98. The number of nitrogens with two attached hydrogens (primary N) is 1. The third-order valence-electron chi connectivity index (χ3n) is 4.69. The van der Waals surface area contributed by atoms with Gasteiger partial charge in [-0.15, -0.1) is 5.11 Å². The molecule has 0 aliphatic carbocycles. The highest BCUT2D eigenvalue weighted by atomic mass is 19.1. The Labute approximate surface area is 187 Å². The molecule has 3 heterocycles. The van der Waals surface area contributed by atoms with Crippen LogP contribution in [0.2, 0.25) is 0 Å². The fraction of sp³-hybridized carbons (Fsp3) is 0.190. The summed E-state index contributed by atoms with van der Waals surface area (Å²) in [6.07, 6.45) is 2.83. The number of anilines is 1. The third-order valence-corrected chi connectivity index (χ3v) is 4.69. The first-order valence-electron chi connectivity index (χ1n) is 9.97. The molecule has 0 fully saturated rings. The van der Waals surface area contributed by atoms with Gasteiger partial charge in [0, 0.05) is 17.5 Å². The molecule has 0 saturated heterocycles. The maximum absolute atomic E-state index is 14.3. The van der Waals surface area contributed by atoms with Gasteiger partial charge in [-0.1, -0.05) is 42.4 Å². The van der Waals surface area contributed by atoms with Crippen LogP contribution in [0.1, 0.15) is 19.4 Å². The lowest BCUT2D eigenvalue weighted by molar-refractivity contribution is -0.118. The first-order valence-corrected chi connectivity index (χ1v) is 9.97. The lowest BCUT2D eigenvalue weighted by Gasteiger charge is -2.09. The Morgan fingerprint density at radius 3 is 2.79 bits per heavy atom. The summed E-state index contributed by atoms with van der Waals surface area (Å²) < 4.78 is 20.8. The van der Waals surface area contributed by atoms with E-state index >= 15 is 0 Å². The number of nitrogens with one attached hydrogen (secondary N) is 1. The topological polar surface area (TPSA) is 149 Å². The first-order chi connectivity index (χ1) is 16.0. The van der Waals surface area contributed by atoms with Crippen molar-refractivity contribution in [1.82, 2.24) is 24.9 Å². The molecular weight excluding hydrogens is 429 g/mol. The van der Waals surface area contributed by atoms with E-state index in [-0.39, 0.29) is 41.5 Å². The molecule has 3 N–H and O–H groups in total. The molecule has 33 heavy (non-hydrogen) atoms. The molecule has 0 spiro atoms. The molecule has 1 aromatic carbocycles. The van der Waals surface area contributed by atoms with Crippen LogP contribution >= 0.6 is 0 Å². The van der Waals surface area contributed by atoms with Crippen LogP contribution in [-0.2, 0) is 11.3 Å². The smallest absolute Gasteiger partial charge is 0.227 e. The van der Waals surface area contributed by atoms with Gasteiger partial charge in [-0.25, -0.2) is 14.4 Å². The van der Waals surface area contributed by atoms with Crippen molar-refractivity contribution in [2.24, 2.45) is 22.1 Å². The van der Waals surface area contributed by atoms with Crippen molar-refractivity contribution in [1.29, 1.82) is 0 Å². The van der Waals surface area contributed by atoms with Gasteiger partial charge in [0.2, 0.25) is 11.7 Å². The predicted molar refractivity (Wildman–Crippen MR) is 116 cm³/mol. The minimum atomic E-state index is -0.354. The Morgan fingerprint density at radius 2 is 2.09 bits per heavy atom. The maximum Gasteiger partial charge on any atom is 0.227 e. The van der Waals surface area contributed by atoms with Gasteiger partial charge in [0.05, 0.1) is 18.4 Å². The highest BCUT2D eigenvalue weighted by molar-refractivity contribution is 5.94. The summed E-state index contributed by atoms with van der Waals surface area (Å²) in [7, 11) is 0. The van der Waals surface area contributed by atoms with Crippen molar-refractivity contribution in [3.8, 4) is 22.9 Å². The monoisotopic (exact) mass is 449 g/mol. The number of rotatable bonds is 7. The predicted octanol–water partition coefficient (Wildman–Crippen LogP) is 3.73. The standard InChI is InChI=1S/C21H20FN9O2/c1-12(2)21(32)25-17-10-24-19(26-20(17)27-30-23)16-9-18(15-7-8-33-29-15)31(28-16)11-13-5-3-4-6-14(13)22/h3-10,12H,11H2,1-2H3,(H,25,32)(H2,23,24,26,27). The largest absolute Gasteiger partial charge is 0.364 e. The number of amides is 1. The first kappa shape index (κ1) is 21.7. The van der Waals surface area contributed by atoms with Crippen LogP contribution in [0.4, 0.5) is 15.9 Å². The van der Waals surface area contributed by atoms with Crippen molar-refractivity contribution in [2.45, 2.75) is 20.4 Å². The van der Waals surface area contributed by atoms with E-state index in [0.29, 0.717) is 22.6 Å². The molecule has 0 bridgehead atoms. The van der Waals surface area contributed by atoms with E-state index in [1.807, 2.05) is 0 Å². The highest BCUT2D eigenvalue weighted by Gasteiger charge is 2.19. The zero-order chi connectivity index (χ0) is 23.4. The van der Waals surface area contributed by atoms with Gasteiger partial charge in [0.15, 0.2) is 5.82 Å². The van der Waals surface area contributed by atoms with Gasteiger partial charge < -0.3 is 15.7 Å². The van der Waals surface area contributed by atoms with Crippen LogP contribution in [0.3, 0.4) is 0 Å². The molecule has 12 heteroatoms. The minimum absolute atomic E-state index is 0.0724. The normalized spacial score (nSPS) is 11.4. The van der Waals surface area contributed by atoms with E-state index in [4.69, 9.17) is 10.4 Å². The van der Waals surface area contributed by atoms with E-state index in [1.54, 1.807) is 48.9 Å². The molecule has 0 aliphatic heterocycles. The van der Waals surface area contributed by atoms with Crippen LogP contribution in [0.25, 0.3) is 22.9 Å². The molecule has 0 radical (unpaired) electrons. The molecule has 0 saturated carbocycles. The van der Waals surface area contributed by atoms with E-state index in [2.05, 4.69) is 35.9 Å². The fourth-order valence-electron chi connectivity index (χ4n) is 2.98. The summed E-state index contributed by atoms with van der Waals surface area (Å²) in [6, 6.07) is 9.78. The summed E-state index contributed by atoms with van der Waals surface area (Å²) in [4.78, 5) is 20.7. The average Bonchev–Trinajstić information content (AvgIpc) is 3.46. The molecule has 0 unspecified atom stereocenters. The lowest BCUT2D eigenvalue weighted by Crippen LogP contribution is -2.18. The molecule has 4 rings (SSSR count). The van der Waals surface area contributed by atoms with Gasteiger partial charge in [-0.05, 0) is 12.1 Å². The van der Waals surface area contributed by atoms with Crippen molar-refractivity contribution in [3.63, 3.8) is 0 Å². The number of halogens is 1. The van der Waals surface area contributed by atoms with E-state index in [9.17, 15) is 9.18 Å². The van der Waals surface area contributed by atoms with E-state index in [1.165, 1.54) is 18.5 Å². The molecule has 0 aliphatic rings. The number of hydrogen-bond donors (Lipinski definition) is 2. The summed E-state index contributed by atoms with van der Waals surface area (Å²) in [5.74, 6) is 4.64. The quantitative estimate of drug-likeness (QED) is 0.248. The van der Waals surface area contributed by atoms with Crippen molar-refractivity contribution < 1.29 is 13.7 Å². The summed E-state index contributed by atoms with van der Waals surface area (Å²) in [5.41, 5.74) is 2.16. The van der Waals surface area contributed by atoms with Crippen molar-refractivity contribution in [2.75, 3.05) is 5.32 Å². The third kappa shape index (κ3) is 4.74. The number of hydrogen-bond acceptors (Lipinski definition) is 8. The second-order valence-corrected chi connectivity index (χ2v) is 7.34. The van der Waals surface area contributed by atoms with Crippen molar-refractivity contribution >= 4 is 17.4 Å². The summed E-state index contributed by atoms with van der Waals surface area (Å²) in [6.45, 7) is 3.65. The Kier molecular flexibility index (Phi) is 6.15. The zero-order valence-corrected chi connectivity index (χ0v) is 17.8. The van der Waals surface area contributed by atoms with E-state index in [0.717, 1.165) is 0 Å². The lowest BCUT2D eigenvalue weighted by atomic mass is 10.2. The van der Waals surface area contributed by atoms with Crippen LogP contribution in [0.15, 0.2) is 63.7 Å². The van der Waals surface area contributed by atoms with Crippen LogP contribution in [-0.4, -0.2) is 30.8 Å². The van der Waals surface area contributed by atoms with Gasteiger partial charge >= 0.3 is 0 Å².